The van der Waals surface area contributed by atoms with E-state index in [2.05, 4.69) is 20.9 Å². The van der Waals surface area contributed by atoms with Crippen LogP contribution in [0.5, 0.6) is 0 Å². The molecule has 0 saturated heterocycles. The van der Waals surface area contributed by atoms with Crippen LogP contribution in [0, 0.1) is 0 Å². The van der Waals surface area contributed by atoms with Gasteiger partial charge in [0.1, 0.15) is 0 Å². The molecule has 0 atom stereocenters. The zero-order valence-electron chi connectivity index (χ0n) is 17.6. The number of carbonyl (C=O) groups excluding carboxylic acids is 2. The molecule has 33 heavy (non-hydrogen) atoms. The SMILES string of the molecule is CCn1nc(C(=O)NNC(=O)CCn2c(=O)[nH]c(=O)c3ccccc32)c2ccccc2c1=O. The van der Waals surface area contributed by atoms with Crippen LogP contribution in [0.2, 0.25) is 0 Å². The lowest BCUT2D eigenvalue weighted by Crippen LogP contribution is -2.43. The largest absolute Gasteiger partial charge is 0.328 e. The smallest absolute Gasteiger partial charge is 0.293 e. The van der Waals surface area contributed by atoms with Gasteiger partial charge in [0.25, 0.3) is 17.0 Å². The van der Waals surface area contributed by atoms with Gasteiger partial charge in [0.15, 0.2) is 5.69 Å². The first-order valence-corrected chi connectivity index (χ1v) is 10.2. The number of para-hydroxylation sites is 1. The first-order chi connectivity index (χ1) is 15.9. The van der Waals surface area contributed by atoms with Crippen LogP contribution in [0.15, 0.2) is 62.9 Å². The predicted molar refractivity (Wildman–Crippen MR) is 121 cm³/mol. The number of benzene rings is 2. The zero-order chi connectivity index (χ0) is 23.5. The number of aromatic nitrogens is 4. The Hall–Kier alpha value is -4.54. The molecule has 11 nitrogen and oxygen atoms in total. The lowest BCUT2D eigenvalue weighted by Gasteiger charge is -2.12. The van der Waals surface area contributed by atoms with Gasteiger partial charge < -0.3 is 0 Å². The summed E-state index contributed by atoms with van der Waals surface area (Å²) in [6.07, 6.45) is -0.140. The topological polar surface area (TPSA) is 148 Å². The highest BCUT2D eigenvalue weighted by atomic mass is 16.2. The van der Waals surface area contributed by atoms with Crippen LogP contribution < -0.4 is 27.7 Å². The van der Waals surface area contributed by atoms with Gasteiger partial charge in [-0.1, -0.05) is 30.3 Å². The normalized spacial score (nSPS) is 10.9. The van der Waals surface area contributed by atoms with Crippen LogP contribution in [0.3, 0.4) is 0 Å². The average Bonchev–Trinajstić information content (AvgIpc) is 2.83. The molecule has 0 aliphatic carbocycles. The van der Waals surface area contributed by atoms with E-state index in [1.165, 1.54) is 9.25 Å². The second-order valence-electron chi connectivity index (χ2n) is 7.20. The summed E-state index contributed by atoms with van der Waals surface area (Å²) in [6.45, 7) is 1.99. The van der Waals surface area contributed by atoms with E-state index in [0.717, 1.165) is 0 Å². The van der Waals surface area contributed by atoms with Crippen molar-refractivity contribution in [3.63, 3.8) is 0 Å². The number of nitrogens with one attached hydrogen (secondary N) is 3. The quantitative estimate of drug-likeness (QED) is 0.373. The molecular formula is C22H20N6O5. The van der Waals surface area contributed by atoms with Gasteiger partial charge in [0.05, 0.1) is 16.3 Å². The van der Waals surface area contributed by atoms with Crippen LogP contribution in [0.25, 0.3) is 21.7 Å². The maximum Gasteiger partial charge on any atom is 0.328 e. The first kappa shape index (κ1) is 21.7. The minimum absolute atomic E-state index is 0.00445. The lowest BCUT2D eigenvalue weighted by molar-refractivity contribution is -0.122. The Morgan fingerprint density at radius 2 is 1.61 bits per heavy atom. The van der Waals surface area contributed by atoms with Crippen molar-refractivity contribution in [1.82, 2.24) is 30.2 Å². The zero-order valence-corrected chi connectivity index (χ0v) is 17.6. The van der Waals surface area contributed by atoms with Crippen LogP contribution in [-0.2, 0) is 17.9 Å². The van der Waals surface area contributed by atoms with Gasteiger partial charge >= 0.3 is 5.69 Å². The second-order valence-corrected chi connectivity index (χ2v) is 7.20. The number of hydrogen-bond acceptors (Lipinski definition) is 6. The highest BCUT2D eigenvalue weighted by Crippen LogP contribution is 2.13. The van der Waals surface area contributed by atoms with Crippen molar-refractivity contribution in [3.8, 4) is 0 Å². The third-order valence-electron chi connectivity index (χ3n) is 5.17. The number of nitrogens with zero attached hydrogens (tertiary/aromatic N) is 3. The van der Waals surface area contributed by atoms with E-state index in [1.807, 2.05) is 0 Å². The minimum atomic E-state index is -0.687. The second kappa shape index (κ2) is 8.91. The van der Waals surface area contributed by atoms with E-state index >= 15 is 0 Å². The molecule has 0 aliphatic rings. The summed E-state index contributed by atoms with van der Waals surface area (Å²) in [4.78, 5) is 63.8. The summed E-state index contributed by atoms with van der Waals surface area (Å²) in [7, 11) is 0. The summed E-state index contributed by atoms with van der Waals surface area (Å²) in [5.41, 5.74) is 3.54. The summed E-state index contributed by atoms with van der Waals surface area (Å²) in [5.74, 6) is -1.24. The summed E-state index contributed by atoms with van der Waals surface area (Å²) >= 11 is 0. The molecule has 3 N–H and O–H groups in total. The van der Waals surface area contributed by atoms with Gasteiger partial charge in [0.2, 0.25) is 5.91 Å². The number of amides is 2. The molecule has 2 amide bonds. The summed E-state index contributed by atoms with van der Waals surface area (Å²) in [5, 5.41) is 5.14. The van der Waals surface area contributed by atoms with Crippen LogP contribution in [0.1, 0.15) is 23.8 Å². The average molecular weight is 448 g/mol. The van der Waals surface area contributed by atoms with E-state index in [1.54, 1.807) is 55.5 Å². The van der Waals surface area contributed by atoms with Crippen LogP contribution in [0.4, 0.5) is 0 Å². The third kappa shape index (κ3) is 4.15. The van der Waals surface area contributed by atoms with Gasteiger partial charge in [-0.2, -0.15) is 5.10 Å². The van der Waals surface area contributed by atoms with Crippen molar-refractivity contribution in [1.29, 1.82) is 0 Å². The Balaban J connectivity index is 1.49. The fraction of sp³-hybridized carbons (Fsp3) is 0.182. The van der Waals surface area contributed by atoms with Crippen molar-refractivity contribution in [2.75, 3.05) is 0 Å². The van der Waals surface area contributed by atoms with Crippen molar-refractivity contribution in [2.24, 2.45) is 0 Å². The number of carbonyl (C=O) groups is 2. The molecule has 2 aromatic carbocycles. The molecule has 0 bridgehead atoms. The number of hydrazine groups is 1. The molecule has 0 fully saturated rings. The maximum atomic E-state index is 12.7. The fourth-order valence-electron chi connectivity index (χ4n) is 3.54. The molecular weight excluding hydrogens is 428 g/mol. The Morgan fingerprint density at radius 1 is 0.939 bits per heavy atom. The minimum Gasteiger partial charge on any atom is -0.293 e. The van der Waals surface area contributed by atoms with E-state index in [4.69, 9.17) is 0 Å². The van der Waals surface area contributed by atoms with Crippen LogP contribution in [-0.4, -0.2) is 31.1 Å². The number of H-pyrrole nitrogens is 1. The van der Waals surface area contributed by atoms with Crippen molar-refractivity contribution in [3.05, 3.63) is 85.4 Å². The predicted octanol–water partition coefficient (Wildman–Crippen LogP) is 0.271. The lowest BCUT2D eigenvalue weighted by atomic mass is 10.1. The number of fused-ring (bicyclic) bond motifs is 2. The van der Waals surface area contributed by atoms with Crippen LogP contribution >= 0.6 is 0 Å². The molecule has 2 heterocycles. The third-order valence-corrected chi connectivity index (χ3v) is 5.17. The molecule has 0 unspecified atom stereocenters. The molecule has 11 heteroatoms. The Labute approximate surface area is 185 Å². The van der Waals surface area contributed by atoms with Gasteiger partial charge in [0, 0.05) is 24.9 Å². The summed E-state index contributed by atoms with van der Waals surface area (Å²) in [6, 6.07) is 13.1. The molecule has 168 valence electrons. The van der Waals surface area contributed by atoms with Crippen molar-refractivity contribution in [2.45, 2.75) is 26.4 Å². The van der Waals surface area contributed by atoms with E-state index in [9.17, 15) is 24.0 Å². The van der Waals surface area contributed by atoms with E-state index in [0.29, 0.717) is 21.7 Å². The van der Waals surface area contributed by atoms with E-state index < -0.39 is 23.1 Å². The highest BCUT2D eigenvalue weighted by molar-refractivity contribution is 6.05. The number of hydrogen-bond donors (Lipinski definition) is 3. The molecule has 4 rings (SSSR count). The van der Waals surface area contributed by atoms with Gasteiger partial charge in [-0.3, -0.25) is 39.6 Å². The monoisotopic (exact) mass is 448 g/mol. The highest BCUT2D eigenvalue weighted by Gasteiger charge is 2.17. The number of aryl methyl sites for hydroxylation is 2. The van der Waals surface area contributed by atoms with Crippen molar-refractivity contribution < 1.29 is 9.59 Å². The van der Waals surface area contributed by atoms with Gasteiger partial charge in [-0.15, -0.1) is 0 Å². The molecule has 4 aromatic rings. The van der Waals surface area contributed by atoms with Gasteiger partial charge in [-0.25, -0.2) is 9.48 Å². The van der Waals surface area contributed by atoms with Gasteiger partial charge in [-0.05, 0) is 25.1 Å². The van der Waals surface area contributed by atoms with E-state index in [-0.39, 0.29) is 30.8 Å². The summed E-state index contributed by atoms with van der Waals surface area (Å²) < 4.78 is 2.46. The Morgan fingerprint density at radius 3 is 2.33 bits per heavy atom. The molecule has 0 saturated carbocycles. The van der Waals surface area contributed by atoms with Crippen molar-refractivity contribution >= 4 is 33.5 Å². The molecule has 2 aromatic heterocycles. The standard InChI is InChI=1S/C22H20N6O5/c1-2-28-21(32)14-8-4-3-7-13(14)18(26-28)20(31)25-24-17(29)11-12-27-16-10-6-5-9-15(16)19(30)23-22(27)33/h3-10H,2,11-12H2,1H3,(H,24,29)(H,25,31)(H,23,30,33). The number of aromatic amines is 1. The molecule has 0 aliphatic heterocycles. The maximum absolute atomic E-state index is 12.7. The molecule has 0 radical (unpaired) electrons. The Kier molecular flexibility index (Phi) is 5.85. The first-order valence-electron chi connectivity index (χ1n) is 10.2. The Bertz CT molecular complexity index is 1570. The number of rotatable bonds is 5. The fourth-order valence-corrected chi connectivity index (χ4v) is 3.54. The molecule has 0 spiro atoms.